The van der Waals surface area contributed by atoms with E-state index in [0.29, 0.717) is 0 Å². The smallest absolute Gasteiger partial charge is 0.243 e. The minimum Gasteiger partial charge on any atom is -0.243 e. The Kier molecular flexibility index (Phi) is 1.21. The van der Waals surface area contributed by atoms with Crippen LogP contribution in [0, 0.1) is 0 Å². The monoisotopic (exact) mass is 212 g/mol. The Labute approximate surface area is 88.4 Å². The van der Waals surface area contributed by atoms with E-state index in [9.17, 15) is 0 Å². The zero-order chi connectivity index (χ0) is 10.5. The lowest BCUT2D eigenvalue weighted by Gasteiger charge is -1.81. The van der Waals surface area contributed by atoms with Gasteiger partial charge in [-0.1, -0.05) is 0 Å². The van der Waals surface area contributed by atoms with E-state index >= 15 is 0 Å². The molecule has 4 heterocycles. The van der Waals surface area contributed by atoms with Crippen molar-refractivity contribution in [2.45, 2.75) is 0 Å². The number of nitrogens with one attached hydrogen (secondary N) is 1. The van der Waals surface area contributed by atoms with Crippen LogP contribution in [0.15, 0.2) is 31.0 Å². The summed E-state index contributed by atoms with van der Waals surface area (Å²) < 4.78 is 3.61. The van der Waals surface area contributed by atoms with Gasteiger partial charge in [0.2, 0.25) is 11.3 Å². The molecular weight excluding hydrogens is 206 g/mol. The number of H-pyrrole nitrogens is 1. The van der Waals surface area contributed by atoms with Gasteiger partial charge in [-0.3, -0.25) is 0 Å². The fraction of sp³-hybridized carbons (Fsp3) is 0. The molecule has 16 heavy (non-hydrogen) atoms. The highest BCUT2D eigenvalue weighted by Crippen LogP contribution is 2.07. The lowest BCUT2D eigenvalue weighted by Crippen LogP contribution is -2.28. The third-order valence-corrected chi connectivity index (χ3v) is 2.47. The van der Waals surface area contributed by atoms with Crippen LogP contribution in [0.5, 0.6) is 0 Å². The van der Waals surface area contributed by atoms with Crippen LogP contribution in [0.2, 0.25) is 0 Å². The molecule has 0 saturated carbocycles. The van der Waals surface area contributed by atoms with Crippen molar-refractivity contribution in [1.82, 2.24) is 29.5 Å². The summed E-state index contributed by atoms with van der Waals surface area (Å²) in [6.07, 6.45) is 8.49. The first kappa shape index (κ1) is 7.69. The third kappa shape index (κ3) is 0.800. The van der Waals surface area contributed by atoms with Gasteiger partial charge in [0.25, 0.3) is 0 Å². The van der Waals surface area contributed by atoms with Crippen LogP contribution in [0.3, 0.4) is 0 Å². The van der Waals surface area contributed by atoms with E-state index in [1.54, 1.807) is 29.4 Å². The first-order valence-corrected chi connectivity index (χ1v) is 4.76. The molecule has 0 atom stereocenters. The van der Waals surface area contributed by atoms with Crippen LogP contribution in [-0.4, -0.2) is 29.5 Å². The zero-order valence-electron chi connectivity index (χ0n) is 8.07. The Morgan fingerprint density at radius 2 is 1.81 bits per heavy atom. The van der Waals surface area contributed by atoms with Gasteiger partial charge in [-0.2, -0.15) is 5.10 Å². The van der Waals surface area contributed by atoms with E-state index in [-0.39, 0.29) is 0 Å². The summed E-state index contributed by atoms with van der Waals surface area (Å²) >= 11 is 0. The second-order valence-electron chi connectivity index (χ2n) is 3.39. The van der Waals surface area contributed by atoms with E-state index in [2.05, 4.69) is 25.0 Å². The van der Waals surface area contributed by atoms with Gasteiger partial charge in [-0.15, -0.1) is 4.52 Å². The Balaban J connectivity index is 2.35. The van der Waals surface area contributed by atoms with Crippen molar-refractivity contribution in [3.63, 3.8) is 0 Å². The standard InChI is InChI=1S/C9H6N7/c1-3-12-8-6(10-1)5-15-9-7(14-16(8)15)11-2-4-13-9/h1-5H,(H,11,14)/q+1. The number of aromatic amines is 1. The molecule has 0 aliphatic heterocycles. The Morgan fingerprint density at radius 1 is 1.00 bits per heavy atom. The van der Waals surface area contributed by atoms with E-state index in [1.807, 2.05) is 10.7 Å². The molecule has 0 fully saturated rings. The predicted octanol–water partition coefficient (Wildman–Crippen LogP) is -0.261. The summed E-state index contributed by atoms with van der Waals surface area (Å²) in [6, 6.07) is 0. The molecule has 0 aliphatic carbocycles. The summed E-state index contributed by atoms with van der Waals surface area (Å²) in [7, 11) is 0. The van der Waals surface area contributed by atoms with Gasteiger partial charge in [-0.05, 0) is 9.61 Å². The van der Waals surface area contributed by atoms with Crippen molar-refractivity contribution in [1.29, 1.82) is 0 Å². The van der Waals surface area contributed by atoms with E-state index in [4.69, 9.17) is 0 Å². The molecule has 7 nitrogen and oxygen atoms in total. The van der Waals surface area contributed by atoms with E-state index in [0.717, 1.165) is 22.5 Å². The van der Waals surface area contributed by atoms with Gasteiger partial charge in [0.1, 0.15) is 0 Å². The van der Waals surface area contributed by atoms with Crippen LogP contribution in [0.4, 0.5) is 0 Å². The maximum absolute atomic E-state index is 4.26. The molecule has 4 aromatic heterocycles. The normalized spacial score (nSPS) is 11.8. The number of hydrogen-bond donors (Lipinski definition) is 1. The van der Waals surface area contributed by atoms with Gasteiger partial charge < -0.3 is 0 Å². The maximum Gasteiger partial charge on any atom is 0.394 e. The van der Waals surface area contributed by atoms with Gasteiger partial charge in [0, 0.05) is 12.4 Å². The van der Waals surface area contributed by atoms with Crippen molar-refractivity contribution in [2.24, 2.45) is 0 Å². The molecule has 4 rings (SSSR count). The molecule has 76 valence electrons. The van der Waals surface area contributed by atoms with Crippen LogP contribution < -0.4 is 4.63 Å². The van der Waals surface area contributed by atoms with Crippen molar-refractivity contribution < 1.29 is 4.63 Å². The maximum atomic E-state index is 4.26. The molecule has 0 aromatic carbocycles. The first-order valence-electron chi connectivity index (χ1n) is 4.76. The Hall–Kier alpha value is -2.57. The molecular formula is C9H6N7+. The van der Waals surface area contributed by atoms with E-state index in [1.165, 1.54) is 0 Å². The summed E-state index contributed by atoms with van der Waals surface area (Å²) in [4.78, 5) is 16.9. The number of nitrogens with zero attached hydrogens (tertiary/aromatic N) is 6. The second kappa shape index (κ2) is 2.51. The minimum absolute atomic E-state index is 0.718. The molecule has 0 radical (unpaired) electrons. The summed E-state index contributed by atoms with van der Waals surface area (Å²) in [6.45, 7) is 0. The minimum atomic E-state index is 0.718. The highest BCUT2D eigenvalue weighted by Gasteiger charge is 2.17. The lowest BCUT2D eigenvalue weighted by atomic mass is 10.5. The van der Waals surface area contributed by atoms with Crippen LogP contribution in [-0.2, 0) is 0 Å². The first-order chi connectivity index (χ1) is 7.93. The quantitative estimate of drug-likeness (QED) is 0.407. The zero-order valence-corrected chi connectivity index (χ0v) is 8.07. The predicted molar refractivity (Wildman–Crippen MR) is 53.6 cm³/mol. The fourth-order valence-corrected chi connectivity index (χ4v) is 1.81. The van der Waals surface area contributed by atoms with Gasteiger partial charge >= 0.3 is 5.65 Å². The van der Waals surface area contributed by atoms with Crippen molar-refractivity contribution in [2.75, 3.05) is 0 Å². The van der Waals surface area contributed by atoms with Crippen LogP contribution in [0.1, 0.15) is 0 Å². The van der Waals surface area contributed by atoms with Crippen molar-refractivity contribution >= 4 is 22.5 Å². The molecule has 7 heteroatoms. The summed E-state index contributed by atoms with van der Waals surface area (Å²) in [5.41, 5.74) is 3.03. The fourth-order valence-electron chi connectivity index (χ4n) is 1.81. The average molecular weight is 212 g/mol. The molecule has 0 unspecified atom stereocenters. The third-order valence-electron chi connectivity index (χ3n) is 2.47. The second-order valence-corrected chi connectivity index (χ2v) is 3.39. The SMILES string of the molecule is c1cnc2c(cn3c4nccnc4[nH][n+]23)n1. The summed E-state index contributed by atoms with van der Waals surface area (Å²) in [5.74, 6) is 0. The van der Waals surface area contributed by atoms with Crippen LogP contribution >= 0.6 is 0 Å². The largest absolute Gasteiger partial charge is 0.394 e. The topological polar surface area (TPSA) is 75.9 Å². The highest BCUT2D eigenvalue weighted by molar-refractivity contribution is 5.69. The van der Waals surface area contributed by atoms with Gasteiger partial charge in [0.15, 0.2) is 11.7 Å². The van der Waals surface area contributed by atoms with E-state index < -0.39 is 0 Å². The van der Waals surface area contributed by atoms with Crippen molar-refractivity contribution in [3.8, 4) is 0 Å². The molecule has 4 aromatic rings. The van der Waals surface area contributed by atoms with Gasteiger partial charge in [-0.25, -0.2) is 15.0 Å². The number of aromatic nitrogens is 7. The molecule has 0 saturated heterocycles. The Bertz CT molecular complexity index is 742. The number of fused-ring (bicyclic) bond motifs is 5. The highest BCUT2D eigenvalue weighted by atomic mass is 15.5. The molecule has 0 spiro atoms. The lowest BCUT2D eigenvalue weighted by molar-refractivity contribution is -0.646. The molecule has 0 aliphatic rings. The molecule has 0 bridgehead atoms. The summed E-state index contributed by atoms with van der Waals surface area (Å²) in [5, 5.41) is 3.10. The molecule has 1 N–H and O–H groups in total. The van der Waals surface area contributed by atoms with Crippen LogP contribution in [0.25, 0.3) is 22.5 Å². The number of hydrogen-bond acceptors (Lipinski definition) is 4. The molecule has 0 amide bonds. The van der Waals surface area contributed by atoms with Gasteiger partial charge in [0.05, 0.1) is 12.4 Å². The number of rotatable bonds is 0. The van der Waals surface area contributed by atoms with Crippen molar-refractivity contribution in [3.05, 3.63) is 31.0 Å². The Morgan fingerprint density at radius 3 is 2.81 bits per heavy atom. The average Bonchev–Trinajstić information content (AvgIpc) is 2.85.